The molecular formula is C16H20N4OS. The summed E-state index contributed by atoms with van der Waals surface area (Å²) in [7, 11) is 0. The summed E-state index contributed by atoms with van der Waals surface area (Å²) in [6.45, 7) is 5.66. The average molecular weight is 316 g/mol. The summed E-state index contributed by atoms with van der Waals surface area (Å²) in [5, 5.41) is 4.55. The van der Waals surface area contributed by atoms with Gasteiger partial charge in [-0.2, -0.15) is 5.10 Å². The van der Waals surface area contributed by atoms with Gasteiger partial charge in [0.2, 0.25) is 5.91 Å². The highest BCUT2D eigenvalue weighted by Crippen LogP contribution is 2.24. The van der Waals surface area contributed by atoms with Crippen molar-refractivity contribution >= 4 is 17.7 Å². The van der Waals surface area contributed by atoms with Gasteiger partial charge in [0.05, 0.1) is 17.5 Å². The van der Waals surface area contributed by atoms with Crippen LogP contribution in [-0.4, -0.2) is 44.4 Å². The molecule has 116 valence electrons. The Morgan fingerprint density at radius 3 is 2.82 bits per heavy atom. The molecule has 1 aliphatic heterocycles. The Kier molecular flexibility index (Phi) is 4.47. The molecule has 1 amide bonds. The smallest absolute Gasteiger partial charge is 0.233 e. The van der Waals surface area contributed by atoms with E-state index in [9.17, 15) is 4.79 Å². The molecule has 0 saturated carbocycles. The summed E-state index contributed by atoms with van der Waals surface area (Å²) in [6.07, 6.45) is 4.48. The predicted octanol–water partition coefficient (Wildman–Crippen LogP) is 2.46. The third-order valence-electron chi connectivity index (χ3n) is 3.92. The fourth-order valence-electron chi connectivity index (χ4n) is 2.85. The van der Waals surface area contributed by atoms with E-state index in [-0.39, 0.29) is 5.91 Å². The molecule has 0 aromatic carbocycles. The Hall–Kier alpha value is -1.82. The maximum Gasteiger partial charge on any atom is 0.233 e. The summed E-state index contributed by atoms with van der Waals surface area (Å²) in [4.78, 5) is 19.4. The van der Waals surface area contributed by atoms with Gasteiger partial charge in [0.25, 0.3) is 0 Å². The predicted molar refractivity (Wildman–Crippen MR) is 86.9 cm³/mol. The van der Waals surface area contributed by atoms with Gasteiger partial charge in [-0.3, -0.25) is 14.5 Å². The van der Waals surface area contributed by atoms with Gasteiger partial charge < -0.3 is 4.90 Å². The van der Waals surface area contributed by atoms with Crippen molar-refractivity contribution in [3.63, 3.8) is 0 Å². The normalized spacial score (nSPS) is 17.9. The zero-order valence-electron chi connectivity index (χ0n) is 12.9. The first-order valence-electron chi connectivity index (χ1n) is 7.47. The van der Waals surface area contributed by atoms with Gasteiger partial charge in [0.15, 0.2) is 0 Å². The van der Waals surface area contributed by atoms with Gasteiger partial charge in [0, 0.05) is 36.1 Å². The quantitative estimate of drug-likeness (QED) is 0.813. The lowest BCUT2D eigenvalue weighted by molar-refractivity contribution is -0.127. The van der Waals surface area contributed by atoms with Crippen molar-refractivity contribution in [2.75, 3.05) is 18.8 Å². The third-order valence-corrected chi connectivity index (χ3v) is 4.92. The molecule has 1 aliphatic rings. The fraction of sp³-hybridized carbons (Fsp3) is 0.438. The van der Waals surface area contributed by atoms with Crippen LogP contribution in [0.3, 0.4) is 0 Å². The number of likely N-dealkylation sites (tertiary alicyclic amines) is 1. The summed E-state index contributed by atoms with van der Waals surface area (Å²) in [6, 6.07) is 6.26. The van der Waals surface area contributed by atoms with Gasteiger partial charge in [-0.15, -0.1) is 11.8 Å². The molecule has 1 saturated heterocycles. The second-order valence-electron chi connectivity index (χ2n) is 5.63. The van der Waals surface area contributed by atoms with Crippen molar-refractivity contribution < 1.29 is 4.79 Å². The van der Waals surface area contributed by atoms with Crippen molar-refractivity contribution in [3.05, 3.63) is 42.0 Å². The minimum Gasteiger partial charge on any atom is -0.340 e. The van der Waals surface area contributed by atoms with Gasteiger partial charge in [-0.1, -0.05) is 0 Å². The number of aryl methyl sites for hydroxylation is 2. The van der Waals surface area contributed by atoms with Gasteiger partial charge in [0.1, 0.15) is 0 Å². The number of hydrogen-bond donors (Lipinski definition) is 0. The zero-order chi connectivity index (χ0) is 15.5. The summed E-state index contributed by atoms with van der Waals surface area (Å²) in [5.41, 5.74) is 2.21. The van der Waals surface area contributed by atoms with Crippen molar-refractivity contribution in [1.82, 2.24) is 19.7 Å². The van der Waals surface area contributed by atoms with Crippen molar-refractivity contribution in [2.45, 2.75) is 31.2 Å². The summed E-state index contributed by atoms with van der Waals surface area (Å²) >= 11 is 1.57. The van der Waals surface area contributed by atoms with Crippen LogP contribution < -0.4 is 0 Å². The van der Waals surface area contributed by atoms with Crippen LogP contribution in [-0.2, 0) is 4.79 Å². The van der Waals surface area contributed by atoms with E-state index >= 15 is 0 Å². The Morgan fingerprint density at radius 2 is 2.14 bits per heavy atom. The van der Waals surface area contributed by atoms with Crippen LogP contribution >= 0.6 is 11.8 Å². The highest BCUT2D eigenvalue weighted by molar-refractivity contribution is 8.00. The lowest BCUT2D eigenvalue weighted by Crippen LogP contribution is -2.30. The Morgan fingerprint density at radius 1 is 1.36 bits per heavy atom. The number of nitrogens with zero attached hydrogens (tertiary/aromatic N) is 4. The summed E-state index contributed by atoms with van der Waals surface area (Å²) in [5.74, 6) is 0.680. The number of carbonyl (C=O) groups is 1. The second-order valence-corrected chi connectivity index (χ2v) is 6.67. The Bertz CT molecular complexity index is 655. The first-order chi connectivity index (χ1) is 10.6. The van der Waals surface area contributed by atoms with E-state index in [1.165, 1.54) is 5.69 Å². The van der Waals surface area contributed by atoms with Crippen LogP contribution in [0.2, 0.25) is 0 Å². The van der Waals surface area contributed by atoms with E-state index in [0.29, 0.717) is 11.8 Å². The second kappa shape index (κ2) is 6.52. The largest absolute Gasteiger partial charge is 0.340 e. The molecule has 3 heterocycles. The number of hydrogen-bond acceptors (Lipinski definition) is 4. The molecule has 6 heteroatoms. The van der Waals surface area contributed by atoms with E-state index in [1.807, 2.05) is 24.0 Å². The zero-order valence-corrected chi connectivity index (χ0v) is 13.7. The first kappa shape index (κ1) is 15.1. The molecule has 1 fully saturated rings. The molecule has 0 spiro atoms. The van der Waals surface area contributed by atoms with Crippen LogP contribution in [0.5, 0.6) is 0 Å². The fourth-order valence-corrected chi connectivity index (χ4v) is 3.64. The van der Waals surface area contributed by atoms with E-state index in [4.69, 9.17) is 0 Å². The van der Waals surface area contributed by atoms with Crippen LogP contribution in [0.15, 0.2) is 35.5 Å². The first-order valence-corrected chi connectivity index (χ1v) is 8.45. The minimum atomic E-state index is 0.200. The number of aromatic nitrogens is 3. The highest BCUT2D eigenvalue weighted by atomic mass is 32.2. The lowest BCUT2D eigenvalue weighted by Gasteiger charge is -2.17. The van der Waals surface area contributed by atoms with E-state index < -0.39 is 0 Å². The lowest BCUT2D eigenvalue weighted by atomic mass is 10.2. The van der Waals surface area contributed by atoms with Crippen LogP contribution in [0.1, 0.15) is 23.9 Å². The molecule has 5 nitrogen and oxygen atoms in total. The van der Waals surface area contributed by atoms with Gasteiger partial charge >= 0.3 is 0 Å². The SMILES string of the molecule is Cc1cc(C)n([C@@H]2CCN(C(=O)CSc3ccncc3)C2)n1. The molecule has 2 aromatic heterocycles. The monoisotopic (exact) mass is 316 g/mol. The van der Waals surface area contributed by atoms with Crippen molar-refractivity contribution in [2.24, 2.45) is 0 Å². The van der Waals surface area contributed by atoms with Gasteiger partial charge in [-0.25, -0.2) is 0 Å². The molecule has 0 radical (unpaired) electrons. The molecule has 0 aliphatic carbocycles. The molecule has 0 unspecified atom stereocenters. The van der Waals surface area contributed by atoms with E-state index in [2.05, 4.69) is 27.8 Å². The molecule has 0 N–H and O–H groups in total. The highest BCUT2D eigenvalue weighted by Gasteiger charge is 2.28. The van der Waals surface area contributed by atoms with E-state index in [0.717, 1.165) is 30.1 Å². The Balaban J connectivity index is 1.56. The molecule has 1 atom stereocenters. The van der Waals surface area contributed by atoms with Crippen molar-refractivity contribution in [3.8, 4) is 0 Å². The van der Waals surface area contributed by atoms with Crippen LogP contribution in [0.4, 0.5) is 0 Å². The molecular weight excluding hydrogens is 296 g/mol. The van der Waals surface area contributed by atoms with Crippen LogP contribution in [0.25, 0.3) is 0 Å². The number of rotatable bonds is 4. The standard InChI is InChI=1S/C16H20N4OS/c1-12-9-13(2)20(18-12)14-5-8-19(10-14)16(21)11-22-15-3-6-17-7-4-15/h3-4,6-7,9,14H,5,8,10-11H2,1-2H3/t14-/m1/s1. The molecule has 22 heavy (non-hydrogen) atoms. The van der Waals surface area contributed by atoms with E-state index in [1.54, 1.807) is 24.2 Å². The third kappa shape index (κ3) is 3.32. The topological polar surface area (TPSA) is 51.0 Å². The van der Waals surface area contributed by atoms with Crippen LogP contribution in [0, 0.1) is 13.8 Å². The maximum absolute atomic E-state index is 12.3. The molecule has 3 rings (SSSR count). The Labute approximate surface area is 134 Å². The number of carbonyl (C=O) groups excluding carboxylic acids is 1. The maximum atomic E-state index is 12.3. The van der Waals surface area contributed by atoms with Gasteiger partial charge in [-0.05, 0) is 38.5 Å². The minimum absolute atomic E-state index is 0.200. The number of thioether (sulfide) groups is 1. The number of amides is 1. The van der Waals surface area contributed by atoms with Crippen molar-refractivity contribution in [1.29, 1.82) is 0 Å². The average Bonchev–Trinajstić information content (AvgIpc) is 3.12. The number of pyridine rings is 1. The molecule has 2 aromatic rings. The molecule has 0 bridgehead atoms. The summed E-state index contributed by atoms with van der Waals surface area (Å²) < 4.78 is 2.07.